The summed E-state index contributed by atoms with van der Waals surface area (Å²) in [4.78, 5) is 47.4. The Morgan fingerprint density at radius 1 is 1.00 bits per heavy atom. The fraction of sp³-hybridized carbons (Fsp3) is 0.360. The molecule has 2 heterocycles. The number of aromatic nitrogens is 1. The summed E-state index contributed by atoms with van der Waals surface area (Å²) in [5.41, 5.74) is 1.16. The second kappa shape index (κ2) is 11.7. The predicted molar refractivity (Wildman–Crippen MR) is 148 cm³/mol. The Morgan fingerprint density at radius 3 is 2.19 bits per heavy atom. The Bertz CT molecular complexity index is 1400. The monoisotopic (exact) mass is 564 g/mol. The van der Waals surface area contributed by atoms with Crippen LogP contribution in [0.15, 0.2) is 47.4 Å². The van der Waals surface area contributed by atoms with Gasteiger partial charge in [0.25, 0.3) is 5.91 Å². The van der Waals surface area contributed by atoms with Gasteiger partial charge in [0, 0.05) is 37.8 Å². The lowest BCUT2D eigenvalue weighted by atomic mass is 10.1. The van der Waals surface area contributed by atoms with Crippen LogP contribution in [0.25, 0.3) is 10.2 Å². The maximum Gasteiger partial charge on any atom is 0.260 e. The van der Waals surface area contributed by atoms with Crippen molar-refractivity contribution in [1.29, 1.82) is 0 Å². The first-order valence-corrected chi connectivity index (χ1v) is 14.4. The Kier molecular flexibility index (Phi) is 9.06. The summed E-state index contributed by atoms with van der Waals surface area (Å²) >= 11 is 1.26. The average molecular weight is 565 g/mol. The molecule has 0 unspecified atom stereocenters. The minimum absolute atomic E-state index is 0. The molecule has 1 saturated heterocycles. The van der Waals surface area contributed by atoms with Gasteiger partial charge in [-0.3, -0.25) is 24.2 Å². The molecule has 0 N–H and O–H groups in total. The lowest BCUT2D eigenvalue weighted by molar-refractivity contribution is -0.121. The van der Waals surface area contributed by atoms with Crippen molar-refractivity contribution in [3.63, 3.8) is 0 Å². The summed E-state index contributed by atoms with van der Waals surface area (Å²) in [6.07, 6.45) is 1.51. The lowest BCUT2D eigenvalue weighted by Gasteiger charge is -2.25. The van der Waals surface area contributed by atoms with Crippen LogP contribution in [0.2, 0.25) is 0 Å². The number of fused-ring (bicyclic) bond motifs is 1. The number of anilines is 2. The third kappa shape index (κ3) is 6.01. The first-order chi connectivity index (χ1) is 17.1. The van der Waals surface area contributed by atoms with E-state index in [1.165, 1.54) is 17.4 Å². The number of rotatable bonds is 9. The number of carbonyl (C=O) groups excluding carboxylic acids is 3. The number of amides is 3. The molecular weight excluding hydrogens is 536 g/mol. The molecule has 9 nitrogen and oxygen atoms in total. The first kappa shape index (κ1) is 28.7. The predicted octanol–water partition coefficient (Wildman–Crippen LogP) is 3.76. The number of carbonyl (C=O) groups is 3. The van der Waals surface area contributed by atoms with Gasteiger partial charge in [0.2, 0.25) is 11.8 Å². The normalized spacial score (nSPS) is 13.9. The minimum atomic E-state index is -3.50. The highest BCUT2D eigenvalue weighted by Crippen LogP contribution is 2.33. The van der Waals surface area contributed by atoms with Gasteiger partial charge < -0.3 is 4.90 Å². The third-order valence-corrected chi connectivity index (χ3v) is 8.38. The number of benzene rings is 2. The Labute approximate surface area is 226 Å². The van der Waals surface area contributed by atoms with E-state index in [2.05, 4.69) is 9.88 Å². The first-order valence-electron chi connectivity index (χ1n) is 11.7. The molecule has 1 fully saturated rings. The summed E-state index contributed by atoms with van der Waals surface area (Å²) in [5, 5.41) is 0.409. The van der Waals surface area contributed by atoms with Crippen molar-refractivity contribution in [2.45, 2.75) is 31.6 Å². The van der Waals surface area contributed by atoms with E-state index in [4.69, 9.17) is 0 Å². The summed E-state index contributed by atoms with van der Waals surface area (Å²) in [6, 6.07) is 11.4. The number of para-hydroxylation sites is 1. The number of sulfone groups is 1. The number of hydrogen-bond acceptors (Lipinski definition) is 8. The maximum absolute atomic E-state index is 13.7. The van der Waals surface area contributed by atoms with Crippen LogP contribution in [0, 0.1) is 0 Å². The molecule has 198 valence electrons. The van der Waals surface area contributed by atoms with E-state index in [-0.39, 0.29) is 47.9 Å². The number of imide groups is 1. The van der Waals surface area contributed by atoms with Crippen LogP contribution in [0.3, 0.4) is 0 Å². The van der Waals surface area contributed by atoms with E-state index in [0.717, 1.165) is 24.2 Å². The summed E-state index contributed by atoms with van der Waals surface area (Å²) < 4.78 is 25.2. The van der Waals surface area contributed by atoms with E-state index in [0.29, 0.717) is 39.7 Å². The van der Waals surface area contributed by atoms with Crippen LogP contribution in [-0.2, 0) is 19.4 Å². The molecule has 2 aromatic carbocycles. The molecule has 0 saturated carbocycles. The quantitative estimate of drug-likeness (QED) is 0.364. The van der Waals surface area contributed by atoms with Crippen molar-refractivity contribution in [2.75, 3.05) is 42.2 Å². The zero-order valence-corrected chi connectivity index (χ0v) is 23.3. The van der Waals surface area contributed by atoms with Gasteiger partial charge >= 0.3 is 0 Å². The highest BCUT2D eigenvalue weighted by molar-refractivity contribution is 7.91. The van der Waals surface area contributed by atoms with Gasteiger partial charge in [-0.15, -0.1) is 12.4 Å². The molecule has 0 atom stereocenters. The fourth-order valence-electron chi connectivity index (χ4n) is 4.16. The molecule has 0 spiro atoms. The summed E-state index contributed by atoms with van der Waals surface area (Å²) in [7, 11) is -3.50. The molecule has 12 heteroatoms. The maximum atomic E-state index is 13.7. The van der Waals surface area contributed by atoms with Crippen LogP contribution in [0.4, 0.5) is 10.8 Å². The molecule has 4 rings (SSSR count). The number of nitrogens with zero attached hydrogens (tertiary/aromatic N) is 4. The SMILES string of the molecule is CCN(CC)CCN(C(=O)c1ccc(N2C(=O)CCC2=O)cc1)c1nc2c(S(C)(=O)=O)cccc2s1.Cl. The second-order valence-corrected chi connectivity index (χ2v) is 11.5. The van der Waals surface area contributed by atoms with E-state index in [1.54, 1.807) is 41.3 Å². The van der Waals surface area contributed by atoms with Gasteiger partial charge in [-0.1, -0.05) is 31.3 Å². The fourth-order valence-corrected chi connectivity index (χ4v) is 6.08. The number of halogens is 1. The second-order valence-electron chi connectivity index (χ2n) is 8.52. The molecule has 3 amide bonds. The van der Waals surface area contributed by atoms with E-state index in [9.17, 15) is 22.8 Å². The highest BCUT2D eigenvalue weighted by atomic mass is 35.5. The van der Waals surface area contributed by atoms with Gasteiger partial charge in [-0.2, -0.15) is 0 Å². The van der Waals surface area contributed by atoms with Crippen LogP contribution in [0.1, 0.15) is 37.0 Å². The molecule has 0 bridgehead atoms. The van der Waals surface area contributed by atoms with Crippen LogP contribution in [0.5, 0.6) is 0 Å². The molecule has 37 heavy (non-hydrogen) atoms. The third-order valence-electron chi connectivity index (χ3n) is 6.20. The highest BCUT2D eigenvalue weighted by Gasteiger charge is 2.30. The van der Waals surface area contributed by atoms with Crippen molar-refractivity contribution in [3.8, 4) is 0 Å². The zero-order valence-electron chi connectivity index (χ0n) is 20.8. The number of likely N-dealkylation sites (N-methyl/N-ethyl adjacent to an activating group) is 1. The van der Waals surface area contributed by atoms with E-state index >= 15 is 0 Å². The van der Waals surface area contributed by atoms with Gasteiger partial charge in [0.05, 0.1) is 15.3 Å². The smallest absolute Gasteiger partial charge is 0.260 e. The van der Waals surface area contributed by atoms with Crippen molar-refractivity contribution in [2.24, 2.45) is 0 Å². The van der Waals surface area contributed by atoms with Gasteiger partial charge in [0.1, 0.15) is 5.52 Å². The molecule has 1 aliphatic rings. The number of thiazole rings is 1. The van der Waals surface area contributed by atoms with Crippen molar-refractivity contribution >= 4 is 72.3 Å². The van der Waals surface area contributed by atoms with Gasteiger partial charge in [-0.25, -0.2) is 13.4 Å². The molecule has 3 aromatic rings. The average Bonchev–Trinajstić information content (AvgIpc) is 3.43. The molecule has 0 radical (unpaired) electrons. The van der Waals surface area contributed by atoms with Crippen LogP contribution < -0.4 is 9.80 Å². The van der Waals surface area contributed by atoms with Gasteiger partial charge in [0.15, 0.2) is 15.0 Å². The van der Waals surface area contributed by atoms with Crippen molar-refractivity contribution in [1.82, 2.24) is 9.88 Å². The molecule has 1 aromatic heterocycles. The topological polar surface area (TPSA) is 108 Å². The van der Waals surface area contributed by atoms with E-state index in [1.807, 2.05) is 13.8 Å². The Morgan fingerprint density at radius 2 is 1.62 bits per heavy atom. The van der Waals surface area contributed by atoms with Crippen LogP contribution in [-0.4, -0.2) is 68.5 Å². The summed E-state index contributed by atoms with van der Waals surface area (Å²) in [6.45, 7) is 6.71. The standard InChI is InChI=1S/C25H28N4O5S2.ClH/c1-4-27(5-2)15-16-28(25-26-23-19(35-25)7-6-8-20(23)36(3,33)34)24(32)17-9-11-18(12-10-17)29-21(30)13-14-22(29)31;/h6-12H,4-5,13-16H2,1-3H3;1H. The minimum Gasteiger partial charge on any atom is -0.302 e. The Hall–Kier alpha value is -2.86. The largest absolute Gasteiger partial charge is 0.302 e. The number of hydrogen-bond donors (Lipinski definition) is 0. The molecular formula is C25H29ClN4O5S2. The van der Waals surface area contributed by atoms with Crippen LogP contribution >= 0.6 is 23.7 Å². The van der Waals surface area contributed by atoms with E-state index < -0.39 is 9.84 Å². The van der Waals surface area contributed by atoms with Crippen molar-refractivity contribution in [3.05, 3.63) is 48.0 Å². The zero-order chi connectivity index (χ0) is 26.0. The van der Waals surface area contributed by atoms with Crippen molar-refractivity contribution < 1.29 is 22.8 Å². The van der Waals surface area contributed by atoms with Gasteiger partial charge in [-0.05, 0) is 49.5 Å². The Balaban J connectivity index is 0.00000380. The summed E-state index contributed by atoms with van der Waals surface area (Å²) in [5.74, 6) is -0.806. The lowest BCUT2D eigenvalue weighted by Crippen LogP contribution is -2.39. The molecule has 0 aliphatic carbocycles. The molecule has 1 aliphatic heterocycles.